The van der Waals surface area contributed by atoms with Gasteiger partial charge in [-0.2, -0.15) is 5.26 Å². The van der Waals surface area contributed by atoms with Gasteiger partial charge in [0.2, 0.25) is 0 Å². The van der Waals surface area contributed by atoms with Crippen LogP contribution in [-0.4, -0.2) is 10.8 Å². The van der Waals surface area contributed by atoms with Crippen molar-refractivity contribution < 1.29 is 4.79 Å². The normalized spacial score (nSPS) is 27.7. The second-order valence-electron chi connectivity index (χ2n) is 5.36. The molecule has 1 saturated carbocycles. The van der Waals surface area contributed by atoms with E-state index in [1.807, 2.05) is 19.2 Å². The van der Waals surface area contributed by atoms with Gasteiger partial charge in [0.25, 0.3) is 0 Å². The van der Waals surface area contributed by atoms with E-state index in [4.69, 9.17) is 0 Å². The highest BCUT2D eigenvalue weighted by atomic mass is 32.1. The van der Waals surface area contributed by atoms with E-state index >= 15 is 0 Å². The van der Waals surface area contributed by atoms with Gasteiger partial charge in [-0.3, -0.25) is 4.79 Å². The first-order valence-electron chi connectivity index (χ1n) is 5.85. The Bertz CT molecular complexity index is 458. The molecule has 1 atom stereocenters. The molecule has 1 aliphatic rings. The Hall–Kier alpha value is -1.21. The standard InChI is InChI=1S/C13H16N2OS/c1-12(2)4-3-5-13(9-14,11(12)16)8-10-15-6-7-17-10/h6-7H,3-5,8H2,1-2H3. The number of thiazole rings is 1. The molecule has 1 aromatic heterocycles. The molecule has 2 rings (SSSR count). The van der Waals surface area contributed by atoms with Gasteiger partial charge in [0.1, 0.15) is 5.41 Å². The van der Waals surface area contributed by atoms with Crippen LogP contribution in [0.3, 0.4) is 0 Å². The van der Waals surface area contributed by atoms with Gasteiger partial charge >= 0.3 is 0 Å². The van der Waals surface area contributed by atoms with Crippen molar-refractivity contribution in [3.63, 3.8) is 0 Å². The Morgan fingerprint density at radius 2 is 2.29 bits per heavy atom. The summed E-state index contributed by atoms with van der Waals surface area (Å²) in [6, 6.07) is 2.28. The number of Topliss-reactive ketones (excluding diaryl/α,β-unsaturated/α-hetero) is 1. The monoisotopic (exact) mass is 248 g/mol. The van der Waals surface area contributed by atoms with Crippen molar-refractivity contribution in [2.45, 2.75) is 39.5 Å². The van der Waals surface area contributed by atoms with E-state index in [1.165, 1.54) is 11.3 Å². The lowest BCUT2D eigenvalue weighted by atomic mass is 9.62. The molecule has 17 heavy (non-hydrogen) atoms. The van der Waals surface area contributed by atoms with Gasteiger partial charge in [-0.05, 0) is 12.8 Å². The molecule has 0 spiro atoms. The number of ketones is 1. The summed E-state index contributed by atoms with van der Waals surface area (Å²) in [6.45, 7) is 3.89. The maximum absolute atomic E-state index is 12.5. The fourth-order valence-electron chi connectivity index (χ4n) is 2.62. The molecular weight excluding hydrogens is 232 g/mol. The molecule has 0 amide bonds. The Morgan fingerprint density at radius 1 is 1.53 bits per heavy atom. The zero-order chi connectivity index (χ0) is 12.5. The number of carbonyl (C=O) groups excluding carboxylic acids is 1. The number of hydrogen-bond donors (Lipinski definition) is 0. The number of rotatable bonds is 2. The van der Waals surface area contributed by atoms with E-state index in [1.54, 1.807) is 6.20 Å². The highest BCUT2D eigenvalue weighted by molar-refractivity contribution is 7.09. The van der Waals surface area contributed by atoms with Crippen LogP contribution in [-0.2, 0) is 11.2 Å². The van der Waals surface area contributed by atoms with Crippen molar-refractivity contribution in [2.75, 3.05) is 0 Å². The third-order valence-electron chi connectivity index (χ3n) is 3.61. The lowest BCUT2D eigenvalue weighted by Gasteiger charge is -2.38. The fourth-order valence-corrected chi connectivity index (χ4v) is 3.35. The molecule has 1 aromatic rings. The molecule has 90 valence electrons. The lowest BCUT2D eigenvalue weighted by Crippen LogP contribution is -2.45. The zero-order valence-electron chi connectivity index (χ0n) is 10.2. The van der Waals surface area contributed by atoms with Crippen LogP contribution in [0, 0.1) is 22.2 Å². The summed E-state index contributed by atoms with van der Waals surface area (Å²) in [6.07, 6.45) is 4.70. The third-order valence-corrected chi connectivity index (χ3v) is 4.38. The molecule has 1 aliphatic carbocycles. The molecule has 0 radical (unpaired) electrons. The third kappa shape index (κ3) is 2.12. The van der Waals surface area contributed by atoms with Crippen LogP contribution in [0.2, 0.25) is 0 Å². The molecular formula is C13H16N2OS. The Kier molecular flexibility index (Phi) is 3.05. The number of carbonyl (C=O) groups is 1. The quantitative estimate of drug-likeness (QED) is 0.808. The number of hydrogen-bond acceptors (Lipinski definition) is 4. The maximum atomic E-state index is 12.5. The number of aromatic nitrogens is 1. The average Bonchev–Trinajstić information content (AvgIpc) is 2.77. The van der Waals surface area contributed by atoms with E-state index in [2.05, 4.69) is 11.1 Å². The SMILES string of the molecule is CC1(C)CCCC(C#N)(Cc2nccs2)C1=O. The molecule has 0 bridgehead atoms. The van der Waals surface area contributed by atoms with Crippen molar-refractivity contribution in [1.82, 2.24) is 4.98 Å². The predicted molar refractivity (Wildman–Crippen MR) is 66.5 cm³/mol. The van der Waals surface area contributed by atoms with Crippen LogP contribution in [0.5, 0.6) is 0 Å². The van der Waals surface area contributed by atoms with E-state index in [0.717, 1.165) is 17.8 Å². The molecule has 0 N–H and O–H groups in total. The fraction of sp³-hybridized carbons (Fsp3) is 0.615. The van der Waals surface area contributed by atoms with Gasteiger partial charge in [0.05, 0.1) is 11.1 Å². The summed E-state index contributed by atoms with van der Waals surface area (Å²) in [5, 5.41) is 12.2. The van der Waals surface area contributed by atoms with Gasteiger partial charge < -0.3 is 0 Å². The van der Waals surface area contributed by atoms with Crippen molar-refractivity contribution in [3.8, 4) is 6.07 Å². The van der Waals surface area contributed by atoms with Gasteiger partial charge in [-0.1, -0.05) is 20.3 Å². The second kappa shape index (κ2) is 4.23. The summed E-state index contributed by atoms with van der Waals surface area (Å²) >= 11 is 1.52. The van der Waals surface area contributed by atoms with Gasteiger partial charge in [0.15, 0.2) is 5.78 Å². The highest BCUT2D eigenvalue weighted by Gasteiger charge is 2.49. The van der Waals surface area contributed by atoms with Gasteiger partial charge in [0, 0.05) is 23.4 Å². The lowest BCUT2D eigenvalue weighted by molar-refractivity contribution is -0.138. The molecule has 3 nitrogen and oxygen atoms in total. The van der Waals surface area contributed by atoms with Crippen molar-refractivity contribution in [1.29, 1.82) is 5.26 Å². The Balaban J connectivity index is 2.31. The first-order valence-corrected chi connectivity index (χ1v) is 6.73. The van der Waals surface area contributed by atoms with Gasteiger partial charge in [-0.15, -0.1) is 11.3 Å². The summed E-state index contributed by atoms with van der Waals surface area (Å²) in [5.74, 6) is 0.0916. The summed E-state index contributed by atoms with van der Waals surface area (Å²) in [4.78, 5) is 16.7. The molecule has 4 heteroatoms. The minimum Gasteiger partial charge on any atom is -0.297 e. The number of nitriles is 1. The number of nitrogens with zero attached hydrogens (tertiary/aromatic N) is 2. The smallest absolute Gasteiger partial charge is 0.159 e. The van der Waals surface area contributed by atoms with Crippen molar-refractivity contribution >= 4 is 17.1 Å². The first-order chi connectivity index (χ1) is 8.00. The first kappa shape index (κ1) is 12.3. The molecule has 1 fully saturated rings. The zero-order valence-corrected chi connectivity index (χ0v) is 11.0. The molecule has 0 saturated heterocycles. The Labute approximate surface area is 105 Å². The Morgan fingerprint density at radius 3 is 2.88 bits per heavy atom. The second-order valence-corrected chi connectivity index (χ2v) is 6.34. The van der Waals surface area contributed by atoms with E-state index in [9.17, 15) is 10.1 Å². The summed E-state index contributed by atoms with van der Waals surface area (Å²) < 4.78 is 0. The van der Waals surface area contributed by atoms with Crippen LogP contribution in [0.15, 0.2) is 11.6 Å². The van der Waals surface area contributed by atoms with Crippen LogP contribution in [0.1, 0.15) is 38.1 Å². The van der Waals surface area contributed by atoms with Crippen LogP contribution >= 0.6 is 11.3 Å². The van der Waals surface area contributed by atoms with Crippen LogP contribution in [0.4, 0.5) is 0 Å². The largest absolute Gasteiger partial charge is 0.297 e. The predicted octanol–water partition coefficient (Wildman–Crippen LogP) is 2.97. The molecule has 1 heterocycles. The van der Waals surface area contributed by atoms with E-state index < -0.39 is 5.41 Å². The van der Waals surface area contributed by atoms with E-state index in [-0.39, 0.29) is 11.2 Å². The average molecular weight is 248 g/mol. The minimum absolute atomic E-state index is 0.0916. The topological polar surface area (TPSA) is 53.8 Å². The van der Waals surface area contributed by atoms with Crippen LogP contribution < -0.4 is 0 Å². The summed E-state index contributed by atoms with van der Waals surface area (Å²) in [7, 11) is 0. The maximum Gasteiger partial charge on any atom is 0.159 e. The van der Waals surface area contributed by atoms with Crippen molar-refractivity contribution in [2.24, 2.45) is 10.8 Å². The molecule has 0 aromatic carbocycles. The highest BCUT2D eigenvalue weighted by Crippen LogP contribution is 2.44. The van der Waals surface area contributed by atoms with Crippen molar-refractivity contribution in [3.05, 3.63) is 16.6 Å². The van der Waals surface area contributed by atoms with Crippen LogP contribution in [0.25, 0.3) is 0 Å². The van der Waals surface area contributed by atoms with Gasteiger partial charge in [-0.25, -0.2) is 4.98 Å². The minimum atomic E-state index is -0.848. The van der Waals surface area contributed by atoms with E-state index in [0.29, 0.717) is 12.8 Å². The summed E-state index contributed by atoms with van der Waals surface area (Å²) in [5.41, 5.74) is -1.22. The molecule has 0 aliphatic heterocycles. The molecule has 1 unspecified atom stereocenters.